The molecule has 0 saturated heterocycles. The van der Waals surface area contributed by atoms with Crippen LogP contribution in [0.3, 0.4) is 0 Å². The third kappa shape index (κ3) is 6.61. The van der Waals surface area contributed by atoms with Gasteiger partial charge < -0.3 is 4.57 Å². The Bertz CT molecular complexity index is 4240. The molecule has 0 atom stereocenters. The van der Waals surface area contributed by atoms with Gasteiger partial charge in [0, 0.05) is 64.3 Å². The molecule has 0 aliphatic heterocycles. The lowest BCUT2D eigenvalue weighted by molar-refractivity contribution is 0.661. The summed E-state index contributed by atoms with van der Waals surface area (Å²) in [5.41, 5.74) is 18.0. The van der Waals surface area contributed by atoms with Crippen molar-refractivity contribution < 1.29 is 0 Å². The second kappa shape index (κ2) is 16.2. The first-order valence-corrected chi connectivity index (χ1v) is 25.1. The zero-order chi connectivity index (χ0) is 47.2. The van der Waals surface area contributed by atoms with Crippen LogP contribution >= 0.6 is 11.3 Å². The number of fused-ring (bicyclic) bond motifs is 10. The van der Waals surface area contributed by atoms with E-state index in [0.717, 1.165) is 55.8 Å². The molecule has 0 amide bonds. The van der Waals surface area contributed by atoms with Gasteiger partial charge in [0.05, 0.1) is 11.0 Å². The Morgan fingerprint density at radius 1 is 0.352 bits per heavy atom. The second-order valence-electron chi connectivity index (χ2n) is 19.1. The van der Waals surface area contributed by atoms with E-state index in [-0.39, 0.29) is 5.41 Å². The summed E-state index contributed by atoms with van der Waals surface area (Å²) in [5.74, 6) is 1.88. The van der Waals surface area contributed by atoms with Crippen molar-refractivity contribution in [3.05, 3.63) is 242 Å². The maximum absolute atomic E-state index is 5.48. The Labute approximate surface area is 415 Å². The molecule has 334 valence electrons. The monoisotopic (exact) mass is 924 g/mol. The fourth-order valence-corrected chi connectivity index (χ4v) is 12.3. The molecule has 0 fully saturated rings. The van der Waals surface area contributed by atoms with Gasteiger partial charge in [-0.3, -0.25) is 0 Å². The number of aromatic nitrogens is 4. The van der Waals surface area contributed by atoms with Crippen LogP contribution in [0.1, 0.15) is 25.0 Å². The molecule has 3 aromatic heterocycles. The summed E-state index contributed by atoms with van der Waals surface area (Å²) < 4.78 is 4.96. The number of para-hydroxylation sites is 2. The minimum absolute atomic E-state index is 0.264. The van der Waals surface area contributed by atoms with Crippen LogP contribution < -0.4 is 0 Å². The Hall–Kier alpha value is -8.77. The van der Waals surface area contributed by atoms with Gasteiger partial charge in [0.15, 0.2) is 17.5 Å². The lowest BCUT2D eigenvalue weighted by Gasteiger charge is -2.22. The predicted octanol–water partition coefficient (Wildman–Crippen LogP) is 17.6. The number of thiophene rings is 1. The van der Waals surface area contributed by atoms with Gasteiger partial charge in [-0.25, -0.2) is 15.0 Å². The largest absolute Gasteiger partial charge is 0.309 e. The molecular weight excluding hydrogens is 881 g/mol. The average Bonchev–Trinajstić information content (AvgIpc) is 4.07. The molecule has 10 aromatic carbocycles. The van der Waals surface area contributed by atoms with Gasteiger partial charge in [0.25, 0.3) is 0 Å². The van der Waals surface area contributed by atoms with Crippen molar-refractivity contribution in [3.8, 4) is 84.4 Å². The Morgan fingerprint density at radius 3 is 1.73 bits per heavy atom. The van der Waals surface area contributed by atoms with Crippen molar-refractivity contribution in [2.24, 2.45) is 0 Å². The summed E-state index contributed by atoms with van der Waals surface area (Å²) >= 11 is 1.81. The van der Waals surface area contributed by atoms with Crippen LogP contribution in [0.2, 0.25) is 0 Å². The van der Waals surface area contributed by atoms with Gasteiger partial charge in [-0.05, 0) is 111 Å². The molecule has 4 nitrogen and oxygen atoms in total. The third-order valence-electron chi connectivity index (χ3n) is 14.7. The first kappa shape index (κ1) is 41.2. The first-order valence-electron chi connectivity index (χ1n) is 24.3. The van der Waals surface area contributed by atoms with E-state index < -0.39 is 0 Å². The van der Waals surface area contributed by atoms with E-state index in [1.54, 1.807) is 0 Å². The molecule has 5 heteroatoms. The highest BCUT2D eigenvalue weighted by Gasteiger charge is 2.38. The molecule has 0 spiro atoms. The molecule has 0 saturated carbocycles. The summed E-state index contributed by atoms with van der Waals surface area (Å²) in [6, 6.07) is 83.1. The number of benzene rings is 10. The predicted molar refractivity (Wildman–Crippen MR) is 297 cm³/mol. The van der Waals surface area contributed by atoms with E-state index in [4.69, 9.17) is 15.0 Å². The van der Waals surface area contributed by atoms with Crippen LogP contribution in [-0.2, 0) is 5.41 Å². The molecule has 3 heterocycles. The zero-order valence-corrected chi connectivity index (χ0v) is 40.0. The van der Waals surface area contributed by atoms with E-state index in [0.29, 0.717) is 17.5 Å². The van der Waals surface area contributed by atoms with Crippen molar-refractivity contribution >= 4 is 53.3 Å². The number of rotatable bonds is 7. The van der Waals surface area contributed by atoms with Gasteiger partial charge in [-0.15, -0.1) is 11.3 Å². The Kier molecular flexibility index (Phi) is 9.38. The molecule has 1 aliphatic carbocycles. The van der Waals surface area contributed by atoms with Crippen LogP contribution in [0.25, 0.3) is 126 Å². The molecule has 0 unspecified atom stereocenters. The second-order valence-corrected chi connectivity index (χ2v) is 20.2. The molecule has 0 radical (unpaired) electrons. The maximum Gasteiger partial charge on any atom is 0.164 e. The maximum atomic E-state index is 5.48. The van der Waals surface area contributed by atoms with Crippen LogP contribution in [-0.4, -0.2) is 19.5 Å². The van der Waals surface area contributed by atoms with E-state index in [1.807, 2.05) is 11.3 Å². The van der Waals surface area contributed by atoms with Crippen molar-refractivity contribution in [2.45, 2.75) is 19.3 Å². The number of nitrogens with zero attached hydrogens (tertiary/aromatic N) is 4. The highest BCUT2D eigenvalue weighted by Crippen LogP contribution is 2.54. The Morgan fingerprint density at radius 2 is 0.944 bits per heavy atom. The highest BCUT2D eigenvalue weighted by atomic mass is 32.1. The normalized spacial score (nSPS) is 12.8. The van der Waals surface area contributed by atoms with E-state index in [2.05, 4.69) is 249 Å². The van der Waals surface area contributed by atoms with E-state index >= 15 is 0 Å². The molecular formula is C66H44N4S. The number of hydrogen-bond donors (Lipinski definition) is 0. The van der Waals surface area contributed by atoms with Gasteiger partial charge >= 0.3 is 0 Å². The SMILES string of the molecule is CC1(C)c2cc(-c3ccccc3-c3nc(-c4ccc5sc6ccccc6c5c4)nc(-c4ccc(-c5ccccc5)cc4-c4ccccc4)n3)ccc2-c2c1ccc1c3ccccc3n(-c3ccccc3)c21. The molecule has 0 bridgehead atoms. The van der Waals surface area contributed by atoms with Crippen LogP contribution in [0.4, 0.5) is 0 Å². The van der Waals surface area contributed by atoms with E-state index in [1.165, 1.54) is 64.2 Å². The summed E-state index contributed by atoms with van der Waals surface area (Å²) in [4.78, 5) is 16.3. The van der Waals surface area contributed by atoms with Gasteiger partial charge in [0.1, 0.15) is 0 Å². The molecule has 13 aromatic rings. The van der Waals surface area contributed by atoms with Crippen molar-refractivity contribution in [1.82, 2.24) is 19.5 Å². The molecule has 71 heavy (non-hydrogen) atoms. The summed E-state index contributed by atoms with van der Waals surface area (Å²) in [5, 5.41) is 4.96. The third-order valence-corrected chi connectivity index (χ3v) is 15.8. The lowest BCUT2D eigenvalue weighted by Crippen LogP contribution is -2.15. The van der Waals surface area contributed by atoms with Crippen molar-refractivity contribution in [3.63, 3.8) is 0 Å². The fraction of sp³-hybridized carbons (Fsp3) is 0.0455. The summed E-state index contributed by atoms with van der Waals surface area (Å²) in [7, 11) is 0. The molecule has 0 N–H and O–H groups in total. The van der Waals surface area contributed by atoms with Crippen molar-refractivity contribution in [2.75, 3.05) is 0 Å². The standard InChI is InChI=1S/C66H44N4S/c1-66(2)56-36-35-50-48-25-14-16-28-58(48)70(46-22-10-5-11-23-46)62(50)61(56)53-34-31-44(40-57(53)66)47-24-12-13-27-51(47)64-67-63(45-32-37-60-55(39-45)49-26-15-17-29-59(49)71-60)68-65(69-64)52-33-30-43(41-18-6-3-7-19-41)38-54(52)42-20-8-4-9-21-42/h3-40H,1-2H3. The highest BCUT2D eigenvalue weighted by molar-refractivity contribution is 7.25. The Balaban J connectivity index is 0.968. The lowest BCUT2D eigenvalue weighted by atomic mass is 9.81. The topological polar surface area (TPSA) is 43.6 Å². The van der Waals surface area contributed by atoms with Gasteiger partial charge in [-0.2, -0.15) is 0 Å². The van der Waals surface area contributed by atoms with Gasteiger partial charge in [0.2, 0.25) is 0 Å². The van der Waals surface area contributed by atoms with Crippen LogP contribution in [0, 0.1) is 0 Å². The van der Waals surface area contributed by atoms with Crippen LogP contribution in [0.5, 0.6) is 0 Å². The summed E-state index contributed by atoms with van der Waals surface area (Å²) in [6.07, 6.45) is 0. The van der Waals surface area contributed by atoms with Gasteiger partial charge in [-0.1, -0.05) is 184 Å². The minimum Gasteiger partial charge on any atom is -0.309 e. The quantitative estimate of drug-likeness (QED) is 0.160. The minimum atomic E-state index is -0.264. The van der Waals surface area contributed by atoms with Crippen LogP contribution in [0.15, 0.2) is 231 Å². The van der Waals surface area contributed by atoms with Crippen molar-refractivity contribution in [1.29, 1.82) is 0 Å². The van der Waals surface area contributed by atoms with E-state index in [9.17, 15) is 0 Å². The molecule has 14 rings (SSSR count). The first-order chi connectivity index (χ1) is 35.0. The number of hydrogen-bond acceptors (Lipinski definition) is 4. The average molecular weight is 925 g/mol. The smallest absolute Gasteiger partial charge is 0.164 e. The zero-order valence-electron chi connectivity index (χ0n) is 39.1. The fourth-order valence-electron chi connectivity index (χ4n) is 11.2. The molecule has 1 aliphatic rings. The summed E-state index contributed by atoms with van der Waals surface area (Å²) in [6.45, 7) is 4.75.